The third kappa shape index (κ3) is 2.26. The van der Waals surface area contributed by atoms with Crippen molar-refractivity contribution in [2.75, 3.05) is 7.05 Å². The molecule has 2 aromatic rings. The Kier molecular flexibility index (Phi) is 3.27. The summed E-state index contributed by atoms with van der Waals surface area (Å²) in [5.74, 6) is 0.715. The summed E-state index contributed by atoms with van der Waals surface area (Å²) >= 11 is 7.85. The van der Waals surface area contributed by atoms with Crippen LogP contribution in [0.2, 0.25) is 5.02 Å². The maximum absolute atomic E-state index is 12.6. The number of hydrogen-bond donors (Lipinski definition) is 0. The molecule has 1 aliphatic carbocycles. The summed E-state index contributed by atoms with van der Waals surface area (Å²) in [4.78, 5) is 15.1. The third-order valence-corrected chi connectivity index (χ3v) is 5.63. The lowest BCUT2D eigenvalue weighted by atomic mass is 10.2. The van der Waals surface area contributed by atoms with E-state index in [1.165, 1.54) is 24.2 Å². The van der Waals surface area contributed by atoms with Gasteiger partial charge in [0.2, 0.25) is 0 Å². The van der Waals surface area contributed by atoms with E-state index in [1.807, 2.05) is 36.2 Å². The van der Waals surface area contributed by atoms with E-state index in [-0.39, 0.29) is 5.91 Å². The Balaban J connectivity index is 1.94. The van der Waals surface area contributed by atoms with Gasteiger partial charge in [0.1, 0.15) is 4.88 Å². The van der Waals surface area contributed by atoms with Gasteiger partial charge in [-0.1, -0.05) is 29.8 Å². The summed E-state index contributed by atoms with van der Waals surface area (Å²) in [6.07, 6.45) is 2.47. The Morgan fingerprint density at radius 3 is 2.74 bits per heavy atom. The lowest BCUT2D eigenvalue weighted by molar-refractivity contribution is 0.0732. The minimum Gasteiger partial charge on any atom is -0.338 e. The summed E-state index contributed by atoms with van der Waals surface area (Å²) in [7, 11) is 1.88. The Labute approximate surface area is 122 Å². The van der Waals surface area contributed by atoms with Crippen LogP contribution in [0.3, 0.4) is 0 Å². The van der Waals surface area contributed by atoms with Gasteiger partial charge in [-0.05, 0) is 31.7 Å². The van der Waals surface area contributed by atoms with Crippen LogP contribution in [0, 0.1) is 5.92 Å². The maximum Gasteiger partial charge on any atom is 0.265 e. The fraction of sp³-hybridized carbons (Fsp3) is 0.400. The number of nitrogens with zero attached hydrogens (tertiary/aromatic N) is 1. The van der Waals surface area contributed by atoms with Crippen molar-refractivity contribution < 1.29 is 4.79 Å². The van der Waals surface area contributed by atoms with Crippen molar-refractivity contribution in [1.29, 1.82) is 0 Å². The molecule has 1 saturated carbocycles. The Hall–Kier alpha value is -1.06. The minimum atomic E-state index is 0.0469. The molecule has 3 rings (SSSR count). The highest BCUT2D eigenvalue weighted by molar-refractivity contribution is 7.21. The molecule has 1 amide bonds. The van der Waals surface area contributed by atoms with Crippen LogP contribution in [-0.2, 0) is 0 Å². The SMILES string of the molecule is CC(C1CC1)N(C)C(=O)c1sc2ccccc2c1Cl. The predicted octanol–water partition coefficient (Wildman–Crippen LogP) is 4.43. The average Bonchev–Trinajstić information content (AvgIpc) is 3.22. The fourth-order valence-electron chi connectivity index (χ4n) is 2.39. The molecule has 0 N–H and O–H groups in total. The number of amides is 1. The first-order chi connectivity index (χ1) is 9.09. The molecule has 0 aliphatic heterocycles. The van der Waals surface area contributed by atoms with E-state index >= 15 is 0 Å². The second-order valence-corrected chi connectivity index (χ2v) is 6.67. The highest BCUT2D eigenvalue weighted by atomic mass is 35.5. The fourth-order valence-corrected chi connectivity index (χ4v) is 3.89. The van der Waals surface area contributed by atoms with Gasteiger partial charge in [-0.2, -0.15) is 0 Å². The van der Waals surface area contributed by atoms with Gasteiger partial charge in [-0.15, -0.1) is 11.3 Å². The van der Waals surface area contributed by atoms with Gasteiger partial charge in [0, 0.05) is 23.2 Å². The topological polar surface area (TPSA) is 20.3 Å². The second kappa shape index (κ2) is 4.80. The van der Waals surface area contributed by atoms with E-state index in [4.69, 9.17) is 11.6 Å². The number of carbonyl (C=O) groups is 1. The number of rotatable bonds is 3. The molecule has 2 nitrogen and oxygen atoms in total. The normalized spacial score (nSPS) is 16.6. The first kappa shape index (κ1) is 12.9. The molecule has 19 heavy (non-hydrogen) atoms. The molecule has 1 fully saturated rings. The Morgan fingerprint density at radius 2 is 2.11 bits per heavy atom. The maximum atomic E-state index is 12.6. The summed E-state index contributed by atoms with van der Waals surface area (Å²) in [6.45, 7) is 2.12. The molecule has 1 aromatic heterocycles. The molecule has 1 aliphatic rings. The highest BCUT2D eigenvalue weighted by Crippen LogP contribution is 2.38. The van der Waals surface area contributed by atoms with Crippen molar-refractivity contribution in [3.8, 4) is 0 Å². The number of halogens is 1. The third-order valence-electron chi connectivity index (χ3n) is 3.96. The van der Waals surface area contributed by atoms with Gasteiger partial charge in [0.05, 0.1) is 5.02 Å². The van der Waals surface area contributed by atoms with Crippen LogP contribution in [0.5, 0.6) is 0 Å². The highest BCUT2D eigenvalue weighted by Gasteiger charge is 2.33. The van der Waals surface area contributed by atoms with Crippen LogP contribution in [0.15, 0.2) is 24.3 Å². The molecule has 0 saturated heterocycles. The van der Waals surface area contributed by atoms with Gasteiger partial charge < -0.3 is 4.90 Å². The summed E-state index contributed by atoms with van der Waals surface area (Å²) in [6, 6.07) is 8.20. The van der Waals surface area contributed by atoms with Gasteiger partial charge in [-0.25, -0.2) is 0 Å². The van der Waals surface area contributed by atoms with Crippen LogP contribution in [0.1, 0.15) is 29.4 Å². The molecule has 100 valence electrons. The first-order valence-electron chi connectivity index (χ1n) is 6.53. The number of fused-ring (bicyclic) bond motifs is 1. The van der Waals surface area contributed by atoms with Gasteiger partial charge in [-0.3, -0.25) is 4.79 Å². The van der Waals surface area contributed by atoms with Crippen LogP contribution < -0.4 is 0 Å². The van der Waals surface area contributed by atoms with Gasteiger partial charge in [0.15, 0.2) is 0 Å². The molecule has 1 atom stereocenters. The summed E-state index contributed by atoms with van der Waals surface area (Å²) < 4.78 is 1.07. The van der Waals surface area contributed by atoms with Crippen molar-refractivity contribution in [1.82, 2.24) is 4.90 Å². The number of benzene rings is 1. The molecule has 0 radical (unpaired) electrons. The molecule has 1 heterocycles. The van der Waals surface area contributed by atoms with E-state index < -0.39 is 0 Å². The molecular weight excluding hydrogens is 278 g/mol. The van der Waals surface area contributed by atoms with E-state index in [9.17, 15) is 4.79 Å². The zero-order chi connectivity index (χ0) is 13.6. The lowest BCUT2D eigenvalue weighted by Crippen LogP contribution is -2.36. The molecule has 0 bridgehead atoms. The molecule has 4 heteroatoms. The first-order valence-corrected chi connectivity index (χ1v) is 7.73. The van der Waals surface area contributed by atoms with Crippen molar-refractivity contribution in [2.45, 2.75) is 25.8 Å². The lowest BCUT2D eigenvalue weighted by Gasteiger charge is -2.24. The predicted molar refractivity (Wildman–Crippen MR) is 81.1 cm³/mol. The minimum absolute atomic E-state index is 0.0469. The Morgan fingerprint density at radius 1 is 1.42 bits per heavy atom. The van der Waals surface area contributed by atoms with Crippen molar-refractivity contribution >= 4 is 38.9 Å². The van der Waals surface area contributed by atoms with Crippen LogP contribution in [-0.4, -0.2) is 23.9 Å². The van der Waals surface area contributed by atoms with Gasteiger partial charge >= 0.3 is 0 Å². The smallest absolute Gasteiger partial charge is 0.265 e. The number of hydrogen-bond acceptors (Lipinski definition) is 2. The van der Waals surface area contributed by atoms with E-state index in [0.29, 0.717) is 21.9 Å². The molecule has 1 aromatic carbocycles. The number of carbonyl (C=O) groups excluding carboxylic acids is 1. The van der Waals surface area contributed by atoms with Crippen LogP contribution in [0.4, 0.5) is 0 Å². The van der Waals surface area contributed by atoms with Crippen LogP contribution in [0.25, 0.3) is 10.1 Å². The second-order valence-electron chi connectivity index (χ2n) is 5.24. The average molecular weight is 294 g/mol. The van der Waals surface area contributed by atoms with E-state index in [2.05, 4.69) is 6.92 Å². The molecular formula is C15H16ClNOS. The Bertz CT molecular complexity index is 632. The van der Waals surface area contributed by atoms with Crippen molar-refractivity contribution in [3.05, 3.63) is 34.2 Å². The molecule has 0 spiro atoms. The van der Waals surface area contributed by atoms with Crippen molar-refractivity contribution in [2.24, 2.45) is 5.92 Å². The molecule has 1 unspecified atom stereocenters. The zero-order valence-electron chi connectivity index (χ0n) is 11.0. The summed E-state index contributed by atoms with van der Waals surface area (Å²) in [5.41, 5.74) is 0. The van der Waals surface area contributed by atoms with Gasteiger partial charge in [0.25, 0.3) is 5.91 Å². The quantitative estimate of drug-likeness (QED) is 0.820. The largest absolute Gasteiger partial charge is 0.338 e. The summed E-state index contributed by atoms with van der Waals surface area (Å²) in [5, 5.41) is 1.57. The zero-order valence-corrected chi connectivity index (χ0v) is 12.6. The van der Waals surface area contributed by atoms with E-state index in [0.717, 1.165) is 10.1 Å². The number of thiophene rings is 1. The van der Waals surface area contributed by atoms with E-state index in [1.54, 1.807) is 0 Å². The monoisotopic (exact) mass is 293 g/mol. The van der Waals surface area contributed by atoms with Crippen LogP contribution >= 0.6 is 22.9 Å². The standard InChI is InChI=1S/C15H16ClNOS/c1-9(10-7-8-10)17(2)15(18)14-13(16)11-5-3-4-6-12(11)19-14/h3-6,9-10H,7-8H2,1-2H3. The van der Waals surface area contributed by atoms with Crippen molar-refractivity contribution in [3.63, 3.8) is 0 Å².